The first-order valence-electron chi connectivity index (χ1n) is 5.09. The first-order valence-corrected chi connectivity index (χ1v) is 5.09. The van der Waals surface area contributed by atoms with Gasteiger partial charge in [0.05, 0.1) is 6.54 Å². The van der Waals surface area contributed by atoms with Crippen LogP contribution in [0.15, 0.2) is 16.9 Å². The van der Waals surface area contributed by atoms with Crippen molar-refractivity contribution in [2.45, 2.75) is 20.3 Å². The van der Waals surface area contributed by atoms with Gasteiger partial charge in [0.15, 0.2) is 5.82 Å². The summed E-state index contributed by atoms with van der Waals surface area (Å²) in [4.78, 5) is 11.3. The van der Waals surface area contributed by atoms with E-state index < -0.39 is 0 Å². The Morgan fingerprint density at radius 2 is 2.40 bits per heavy atom. The molecule has 0 saturated heterocycles. The molecule has 1 rings (SSSR count). The molecule has 0 fully saturated rings. The Kier molecular flexibility index (Phi) is 4.83. The number of rotatable bonds is 6. The molecular formula is C10H17N3O2. The molecule has 0 aromatic carbocycles. The maximum Gasteiger partial charge on any atom is 0.239 e. The molecule has 5 nitrogen and oxygen atoms in total. The minimum Gasteiger partial charge on any atom is -0.363 e. The van der Waals surface area contributed by atoms with Gasteiger partial charge in [-0.1, -0.05) is 19.0 Å². The Labute approximate surface area is 89.2 Å². The number of hydrogen-bond acceptors (Lipinski definition) is 4. The predicted molar refractivity (Wildman–Crippen MR) is 57.5 cm³/mol. The van der Waals surface area contributed by atoms with Gasteiger partial charge in [0.25, 0.3) is 0 Å². The standard InChI is InChI=1S/C10H17N3O2/c1-8(2)3-5-11-7-10(14)12-9-4-6-15-13-9/h4,6,8,11H,3,5,7H2,1-2H3,(H,12,13,14). The Balaban J connectivity index is 2.09. The van der Waals surface area contributed by atoms with Gasteiger partial charge >= 0.3 is 0 Å². The maximum atomic E-state index is 11.3. The first-order chi connectivity index (χ1) is 7.18. The molecule has 1 amide bonds. The van der Waals surface area contributed by atoms with Crippen molar-refractivity contribution in [3.8, 4) is 0 Å². The number of anilines is 1. The zero-order chi connectivity index (χ0) is 11.1. The van der Waals surface area contributed by atoms with E-state index in [0.717, 1.165) is 13.0 Å². The van der Waals surface area contributed by atoms with Gasteiger partial charge in [0, 0.05) is 6.07 Å². The van der Waals surface area contributed by atoms with E-state index in [1.807, 2.05) is 0 Å². The Bertz CT molecular complexity index is 283. The number of amides is 1. The highest BCUT2D eigenvalue weighted by molar-refractivity contribution is 5.91. The van der Waals surface area contributed by atoms with Crippen molar-refractivity contribution in [2.24, 2.45) is 5.92 Å². The van der Waals surface area contributed by atoms with E-state index >= 15 is 0 Å². The lowest BCUT2D eigenvalue weighted by Gasteiger charge is -2.06. The van der Waals surface area contributed by atoms with Crippen LogP contribution in [0.25, 0.3) is 0 Å². The van der Waals surface area contributed by atoms with E-state index in [1.165, 1.54) is 6.26 Å². The summed E-state index contributed by atoms with van der Waals surface area (Å²) in [6, 6.07) is 1.60. The lowest BCUT2D eigenvalue weighted by molar-refractivity contribution is -0.115. The van der Waals surface area contributed by atoms with Gasteiger partial charge < -0.3 is 15.2 Å². The molecule has 2 N–H and O–H groups in total. The minimum absolute atomic E-state index is 0.104. The van der Waals surface area contributed by atoms with Gasteiger partial charge in [-0.15, -0.1) is 0 Å². The molecular weight excluding hydrogens is 194 g/mol. The van der Waals surface area contributed by atoms with Crippen LogP contribution in [0.2, 0.25) is 0 Å². The van der Waals surface area contributed by atoms with Crippen molar-refractivity contribution in [3.63, 3.8) is 0 Å². The van der Waals surface area contributed by atoms with Crippen LogP contribution >= 0.6 is 0 Å². The van der Waals surface area contributed by atoms with E-state index in [-0.39, 0.29) is 5.91 Å². The zero-order valence-corrected chi connectivity index (χ0v) is 9.12. The Morgan fingerprint density at radius 1 is 1.60 bits per heavy atom. The van der Waals surface area contributed by atoms with Crippen molar-refractivity contribution in [1.82, 2.24) is 10.5 Å². The second-order valence-corrected chi connectivity index (χ2v) is 3.79. The largest absolute Gasteiger partial charge is 0.363 e. The summed E-state index contributed by atoms with van der Waals surface area (Å²) in [6.07, 6.45) is 2.49. The van der Waals surface area contributed by atoms with Gasteiger partial charge in [-0.25, -0.2) is 0 Å². The highest BCUT2D eigenvalue weighted by Crippen LogP contribution is 2.00. The summed E-state index contributed by atoms with van der Waals surface area (Å²) in [5.74, 6) is 0.995. The molecule has 1 aromatic heterocycles. The predicted octanol–water partition coefficient (Wildman–Crippen LogP) is 1.25. The second-order valence-electron chi connectivity index (χ2n) is 3.79. The van der Waals surface area contributed by atoms with Gasteiger partial charge in [0.2, 0.25) is 5.91 Å². The van der Waals surface area contributed by atoms with Crippen LogP contribution in [0.5, 0.6) is 0 Å². The van der Waals surface area contributed by atoms with Crippen molar-refractivity contribution in [2.75, 3.05) is 18.4 Å². The molecule has 0 spiro atoms. The van der Waals surface area contributed by atoms with Gasteiger partial charge in [0.1, 0.15) is 6.26 Å². The molecule has 84 valence electrons. The average molecular weight is 211 g/mol. The van der Waals surface area contributed by atoms with E-state index in [2.05, 4.69) is 34.2 Å². The quantitative estimate of drug-likeness (QED) is 0.695. The highest BCUT2D eigenvalue weighted by Gasteiger charge is 2.03. The van der Waals surface area contributed by atoms with Crippen LogP contribution in [0, 0.1) is 5.92 Å². The molecule has 5 heteroatoms. The minimum atomic E-state index is -0.104. The van der Waals surface area contributed by atoms with Gasteiger partial charge in [-0.3, -0.25) is 4.79 Å². The molecule has 1 aromatic rings. The molecule has 0 bridgehead atoms. The van der Waals surface area contributed by atoms with Crippen LogP contribution in [0.4, 0.5) is 5.82 Å². The summed E-state index contributed by atoms with van der Waals surface area (Å²) < 4.78 is 4.59. The third-order valence-corrected chi connectivity index (χ3v) is 1.89. The molecule has 0 aliphatic carbocycles. The third-order valence-electron chi connectivity index (χ3n) is 1.89. The van der Waals surface area contributed by atoms with E-state index in [9.17, 15) is 4.79 Å². The smallest absolute Gasteiger partial charge is 0.239 e. The maximum absolute atomic E-state index is 11.3. The second kappa shape index (κ2) is 6.19. The fraction of sp³-hybridized carbons (Fsp3) is 0.600. The van der Waals surface area contributed by atoms with Gasteiger partial charge in [-0.05, 0) is 18.9 Å². The molecule has 0 unspecified atom stereocenters. The fourth-order valence-corrected chi connectivity index (χ4v) is 1.06. The summed E-state index contributed by atoms with van der Waals surface area (Å²) in [6.45, 7) is 5.46. The third kappa shape index (κ3) is 5.17. The highest BCUT2D eigenvalue weighted by atomic mass is 16.5. The van der Waals surface area contributed by atoms with Crippen LogP contribution in [-0.2, 0) is 4.79 Å². The molecule has 0 aliphatic rings. The number of carbonyl (C=O) groups is 1. The van der Waals surface area contributed by atoms with E-state index in [0.29, 0.717) is 18.3 Å². The topological polar surface area (TPSA) is 67.2 Å². The average Bonchev–Trinajstić information content (AvgIpc) is 2.64. The lowest BCUT2D eigenvalue weighted by atomic mass is 10.1. The lowest BCUT2D eigenvalue weighted by Crippen LogP contribution is -2.29. The Hall–Kier alpha value is -1.36. The molecule has 0 atom stereocenters. The van der Waals surface area contributed by atoms with Gasteiger partial charge in [-0.2, -0.15) is 0 Å². The molecule has 0 saturated carbocycles. The number of carbonyl (C=O) groups excluding carboxylic acids is 1. The SMILES string of the molecule is CC(C)CCNCC(=O)Nc1ccon1. The first kappa shape index (κ1) is 11.7. The van der Waals surface area contributed by atoms with Crippen molar-refractivity contribution in [3.05, 3.63) is 12.3 Å². The van der Waals surface area contributed by atoms with Crippen LogP contribution in [-0.4, -0.2) is 24.2 Å². The zero-order valence-electron chi connectivity index (χ0n) is 9.12. The van der Waals surface area contributed by atoms with E-state index in [4.69, 9.17) is 0 Å². The van der Waals surface area contributed by atoms with Crippen LogP contribution < -0.4 is 10.6 Å². The number of nitrogens with one attached hydrogen (secondary N) is 2. The van der Waals surface area contributed by atoms with Crippen LogP contribution in [0.3, 0.4) is 0 Å². The van der Waals surface area contributed by atoms with E-state index in [1.54, 1.807) is 6.07 Å². The molecule has 15 heavy (non-hydrogen) atoms. The van der Waals surface area contributed by atoms with Crippen molar-refractivity contribution >= 4 is 11.7 Å². The summed E-state index contributed by atoms with van der Waals surface area (Å²) in [5, 5.41) is 9.24. The summed E-state index contributed by atoms with van der Waals surface area (Å²) in [7, 11) is 0. The Morgan fingerprint density at radius 3 is 3.00 bits per heavy atom. The number of hydrogen-bond donors (Lipinski definition) is 2. The summed E-state index contributed by atoms with van der Waals surface area (Å²) >= 11 is 0. The molecule has 0 aliphatic heterocycles. The number of aromatic nitrogens is 1. The normalized spacial score (nSPS) is 10.6. The van der Waals surface area contributed by atoms with Crippen molar-refractivity contribution in [1.29, 1.82) is 0 Å². The monoisotopic (exact) mass is 211 g/mol. The molecule has 1 heterocycles. The number of nitrogens with zero attached hydrogens (tertiary/aromatic N) is 1. The van der Waals surface area contributed by atoms with Crippen molar-refractivity contribution < 1.29 is 9.32 Å². The molecule has 0 radical (unpaired) electrons. The van der Waals surface area contributed by atoms with Crippen LogP contribution in [0.1, 0.15) is 20.3 Å². The fourth-order valence-electron chi connectivity index (χ4n) is 1.06. The summed E-state index contributed by atoms with van der Waals surface area (Å²) in [5.41, 5.74) is 0.